The van der Waals surface area contributed by atoms with Crippen LogP contribution >= 0.6 is 0 Å². The van der Waals surface area contributed by atoms with Gasteiger partial charge in [-0.3, -0.25) is 0 Å². The van der Waals surface area contributed by atoms with Gasteiger partial charge in [-0.15, -0.1) is 0 Å². The highest BCUT2D eigenvalue weighted by atomic mass is 16.3. The molecule has 11 heavy (non-hydrogen) atoms. The second-order valence-corrected chi connectivity index (χ2v) is 4.10. The van der Waals surface area contributed by atoms with E-state index in [0.717, 1.165) is 0 Å². The van der Waals surface area contributed by atoms with E-state index < -0.39 is 0 Å². The standard InChI is InChI=1S/C9H18O2/c1-7(10)5-9(3,4)6-8(2)11/h7,10H,5-6H2,1-4H3. The third kappa shape index (κ3) is 6.05. The Morgan fingerprint density at radius 2 is 2.00 bits per heavy atom. The van der Waals surface area contributed by atoms with Gasteiger partial charge in [-0.25, -0.2) is 0 Å². The fourth-order valence-corrected chi connectivity index (χ4v) is 1.55. The van der Waals surface area contributed by atoms with Crippen molar-refractivity contribution >= 4 is 5.78 Å². The summed E-state index contributed by atoms with van der Waals surface area (Å²) < 4.78 is 0. The Morgan fingerprint density at radius 1 is 1.55 bits per heavy atom. The van der Waals surface area contributed by atoms with Crippen molar-refractivity contribution < 1.29 is 9.90 Å². The van der Waals surface area contributed by atoms with Crippen molar-refractivity contribution in [3.05, 3.63) is 0 Å². The molecular weight excluding hydrogens is 140 g/mol. The molecule has 0 aliphatic rings. The predicted octanol–water partition coefficient (Wildman–Crippen LogP) is 1.76. The minimum atomic E-state index is -0.315. The van der Waals surface area contributed by atoms with E-state index in [0.29, 0.717) is 12.8 Å². The summed E-state index contributed by atoms with van der Waals surface area (Å²) in [6.45, 7) is 7.34. The maximum absolute atomic E-state index is 10.8. The van der Waals surface area contributed by atoms with Gasteiger partial charge in [0.25, 0.3) is 0 Å². The van der Waals surface area contributed by atoms with Gasteiger partial charge in [0.2, 0.25) is 0 Å². The average molecular weight is 158 g/mol. The zero-order valence-corrected chi connectivity index (χ0v) is 7.85. The van der Waals surface area contributed by atoms with E-state index in [1.165, 1.54) is 0 Å². The summed E-state index contributed by atoms with van der Waals surface area (Å²) in [5, 5.41) is 9.09. The molecule has 1 N–H and O–H groups in total. The summed E-state index contributed by atoms with van der Waals surface area (Å²) in [6.07, 6.45) is 0.925. The molecule has 0 spiro atoms. The Bertz CT molecular complexity index is 136. The Morgan fingerprint density at radius 3 is 2.27 bits per heavy atom. The SMILES string of the molecule is CC(=O)CC(C)(C)CC(C)O. The van der Waals surface area contributed by atoms with Crippen LogP contribution in [0.5, 0.6) is 0 Å². The second kappa shape index (κ2) is 3.86. The molecule has 0 radical (unpaired) electrons. The molecule has 0 aromatic heterocycles. The average Bonchev–Trinajstić information content (AvgIpc) is 1.53. The largest absolute Gasteiger partial charge is 0.393 e. The maximum atomic E-state index is 10.8. The van der Waals surface area contributed by atoms with Gasteiger partial charge in [0.1, 0.15) is 5.78 Å². The van der Waals surface area contributed by atoms with Crippen LogP contribution in [0.3, 0.4) is 0 Å². The molecule has 0 amide bonds. The lowest BCUT2D eigenvalue weighted by atomic mass is 9.82. The monoisotopic (exact) mass is 158 g/mol. The molecule has 0 rings (SSSR count). The van der Waals surface area contributed by atoms with Crippen molar-refractivity contribution in [1.82, 2.24) is 0 Å². The van der Waals surface area contributed by atoms with Gasteiger partial charge < -0.3 is 9.90 Å². The number of hydrogen-bond donors (Lipinski definition) is 1. The van der Waals surface area contributed by atoms with Crippen LogP contribution in [0.15, 0.2) is 0 Å². The third-order valence-corrected chi connectivity index (χ3v) is 1.58. The fourth-order valence-electron chi connectivity index (χ4n) is 1.55. The number of aliphatic hydroxyl groups excluding tert-OH is 1. The number of aliphatic hydroxyl groups is 1. The molecule has 66 valence electrons. The molecule has 0 fully saturated rings. The summed E-state index contributed by atoms with van der Waals surface area (Å²) in [5.41, 5.74) is -0.0556. The first-order valence-electron chi connectivity index (χ1n) is 4.01. The van der Waals surface area contributed by atoms with E-state index in [-0.39, 0.29) is 17.3 Å². The van der Waals surface area contributed by atoms with Crippen molar-refractivity contribution in [1.29, 1.82) is 0 Å². The molecule has 1 atom stereocenters. The van der Waals surface area contributed by atoms with Crippen LogP contribution < -0.4 is 0 Å². The van der Waals surface area contributed by atoms with Gasteiger partial charge in [0, 0.05) is 6.42 Å². The zero-order chi connectivity index (χ0) is 9.07. The van der Waals surface area contributed by atoms with Crippen LogP contribution in [-0.2, 0) is 4.79 Å². The molecule has 2 heteroatoms. The van der Waals surface area contributed by atoms with Crippen molar-refractivity contribution in [2.75, 3.05) is 0 Å². The Balaban J connectivity index is 3.89. The fraction of sp³-hybridized carbons (Fsp3) is 0.889. The van der Waals surface area contributed by atoms with Crippen molar-refractivity contribution in [2.45, 2.75) is 46.6 Å². The molecule has 0 aromatic carbocycles. The van der Waals surface area contributed by atoms with Gasteiger partial charge in [-0.2, -0.15) is 0 Å². The van der Waals surface area contributed by atoms with Gasteiger partial charge in [-0.05, 0) is 25.7 Å². The van der Waals surface area contributed by atoms with Gasteiger partial charge in [-0.1, -0.05) is 13.8 Å². The van der Waals surface area contributed by atoms with Gasteiger partial charge >= 0.3 is 0 Å². The highest BCUT2D eigenvalue weighted by Crippen LogP contribution is 2.26. The van der Waals surface area contributed by atoms with Crippen LogP contribution in [0.25, 0.3) is 0 Å². The zero-order valence-electron chi connectivity index (χ0n) is 7.85. The molecule has 0 aromatic rings. The number of ketones is 1. The Hall–Kier alpha value is -0.370. The molecule has 0 aliphatic heterocycles. The summed E-state index contributed by atoms with van der Waals surface area (Å²) in [7, 11) is 0. The van der Waals surface area contributed by atoms with Crippen LogP contribution in [-0.4, -0.2) is 17.0 Å². The molecule has 2 nitrogen and oxygen atoms in total. The number of carbonyl (C=O) groups is 1. The lowest BCUT2D eigenvalue weighted by molar-refractivity contribution is -0.119. The van der Waals surface area contributed by atoms with E-state index in [1.54, 1.807) is 13.8 Å². The number of hydrogen-bond acceptors (Lipinski definition) is 2. The second-order valence-electron chi connectivity index (χ2n) is 4.10. The number of rotatable bonds is 4. The first-order valence-corrected chi connectivity index (χ1v) is 4.01. The number of Topliss-reactive ketones (excluding diaryl/α,β-unsaturated/α-hetero) is 1. The Labute approximate surface area is 68.6 Å². The molecule has 0 aliphatic carbocycles. The highest BCUT2D eigenvalue weighted by molar-refractivity contribution is 5.76. The molecule has 0 bridgehead atoms. The first-order chi connectivity index (χ1) is 4.83. The number of carbonyl (C=O) groups excluding carboxylic acids is 1. The van der Waals surface area contributed by atoms with Gasteiger partial charge in [0.15, 0.2) is 0 Å². The van der Waals surface area contributed by atoms with E-state index in [1.807, 2.05) is 13.8 Å². The van der Waals surface area contributed by atoms with Crippen LogP contribution in [0.1, 0.15) is 40.5 Å². The Kier molecular flexibility index (Phi) is 3.73. The quantitative estimate of drug-likeness (QED) is 0.677. The minimum absolute atomic E-state index is 0.0556. The molecule has 1 unspecified atom stereocenters. The van der Waals surface area contributed by atoms with E-state index in [2.05, 4.69) is 0 Å². The normalized spacial score (nSPS) is 14.6. The van der Waals surface area contributed by atoms with Crippen LogP contribution in [0.2, 0.25) is 0 Å². The van der Waals surface area contributed by atoms with E-state index >= 15 is 0 Å². The van der Waals surface area contributed by atoms with E-state index in [4.69, 9.17) is 5.11 Å². The summed E-state index contributed by atoms with van der Waals surface area (Å²) in [5.74, 6) is 0.190. The summed E-state index contributed by atoms with van der Waals surface area (Å²) in [6, 6.07) is 0. The minimum Gasteiger partial charge on any atom is -0.393 e. The van der Waals surface area contributed by atoms with Crippen molar-refractivity contribution in [3.8, 4) is 0 Å². The first kappa shape index (κ1) is 10.6. The van der Waals surface area contributed by atoms with Crippen molar-refractivity contribution in [3.63, 3.8) is 0 Å². The summed E-state index contributed by atoms with van der Waals surface area (Å²) in [4.78, 5) is 10.8. The topological polar surface area (TPSA) is 37.3 Å². The predicted molar refractivity (Wildman–Crippen MR) is 45.4 cm³/mol. The third-order valence-electron chi connectivity index (χ3n) is 1.58. The lowest BCUT2D eigenvalue weighted by Crippen LogP contribution is -2.20. The smallest absolute Gasteiger partial charge is 0.130 e. The molecule has 0 heterocycles. The molecular formula is C9H18O2. The highest BCUT2D eigenvalue weighted by Gasteiger charge is 2.21. The van der Waals surface area contributed by atoms with E-state index in [9.17, 15) is 4.79 Å². The van der Waals surface area contributed by atoms with Crippen molar-refractivity contribution in [2.24, 2.45) is 5.41 Å². The summed E-state index contributed by atoms with van der Waals surface area (Å²) >= 11 is 0. The lowest BCUT2D eigenvalue weighted by Gasteiger charge is -2.24. The molecule has 0 saturated carbocycles. The van der Waals surface area contributed by atoms with Crippen LogP contribution in [0.4, 0.5) is 0 Å². The maximum Gasteiger partial charge on any atom is 0.130 e. The van der Waals surface area contributed by atoms with Gasteiger partial charge in [0.05, 0.1) is 6.10 Å². The van der Waals surface area contributed by atoms with Crippen LogP contribution in [0, 0.1) is 5.41 Å². The molecule has 0 saturated heterocycles.